The minimum absolute atomic E-state index is 0.0195. The third-order valence-electron chi connectivity index (χ3n) is 0.730. The predicted octanol–water partition coefficient (Wildman–Crippen LogP) is 0.960. The molecule has 1 fully saturated rings. The van der Waals surface area contributed by atoms with E-state index in [0.29, 0.717) is 0 Å². The van der Waals surface area contributed by atoms with Gasteiger partial charge in [-0.3, -0.25) is 4.79 Å². The highest BCUT2D eigenvalue weighted by Crippen LogP contribution is 2.29. The SMILES string of the molecule is [2H]C1([2H])C([2H])([2H])C1([2H])C(=O)OCC. The Morgan fingerprint density at radius 2 is 2.75 bits per heavy atom. The van der Waals surface area contributed by atoms with E-state index in [2.05, 4.69) is 4.74 Å². The van der Waals surface area contributed by atoms with E-state index in [4.69, 9.17) is 6.85 Å². The van der Waals surface area contributed by atoms with Gasteiger partial charge in [0.15, 0.2) is 0 Å². The Morgan fingerprint density at radius 1 is 2.12 bits per heavy atom. The van der Waals surface area contributed by atoms with Crippen molar-refractivity contribution in [1.29, 1.82) is 0 Å². The number of hydrogen-bond acceptors (Lipinski definition) is 2. The van der Waals surface area contributed by atoms with Gasteiger partial charge in [0.25, 0.3) is 0 Å². The van der Waals surface area contributed by atoms with Crippen LogP contribution in [-0.4, -0.2) is 12.6 Å². The minimum atomic E-state index is -2.45. The molecule has 0 saturated heterocycles. The van der Waals surface area contributed by atoms with E-state index in [9.17, 15) is 4.79 Å². The van der Waals surface area contributed by atoms with Gasteiger partial charge < -0.3 is 4.74 Å². The molecule has 0 aliphatic heterocycles. The van der Waals surface area contributed by atoms with Gasteiger partial charge in [0.2, 0.25) is 0 Å². The van der Waals surface area contributed by atoms with Crippen LogP contribution in [0.5, 0.6) is 0 Å². The molecule has 1 aliphatic rings. The van der Waals surface area contributed by atoms with Crippen molar-refractivity contribution in [2.24, 2.45) is 5.89 Å². The lowest BCUT2D eigenvalue weighted by Gasteiger charge is -1.95. The molecule has 1 aliphatic carbocycles. The minimum Gasteiger partial charge on any atom is -0.466 e. The average molecular weight is 119 g/mol. The molecular weight excluding hydrogens is 104 g/mol. The Hall–Kier alpha value is -0.530. The number of carbonyl (C=O) groups excluding carboxylic acids is 1. The van der Waals surface area contributed by atoms with E-state index >= 15 is 0 Å². The molecule has 0 radical (unpaired) electrons. The van der Waals surface area contributed by atoms with Crippen LogP contribution in [0.25, 0.3) is 0 Å². The highest BCUT2D eigenvalue weighted by atomic mass is 16.5. The summed E-state index contributed by atoms with van der Waals surface area (Å²) in [4.78, 5) is 11.1. The van der Waals surface area contributed by atoms with Crippen molar-refractivity contribution in [3.63, 3.8) is 0 Å². The van der Waals surface area contributed by atoms with Crippen molar-refractivity contribution in [3.8, 4) is 0 Å². The van der Waals surface area contributed by atoms with E-state index in [1.165, 1.54) is 6.92 Å². The lowest BCUT2D eigenvalue weighted by molar-refractivity contribution is -0.144. The Kier molecular flexibility index (Phi) is 0.543. The molecule has 0 unspecified atom stereocenters. The van der Waals surface area contributed by atoms with E-state index < -0.39 is 24.6 Å². The van der Waals surface area contributed by atoms with Crippen molar-refractivity contribution in [3.05, 3.63) is 0 Å². The van der Waals surface area contributed by atoms with E-state index in [1.807, 2.05) is 0 Å². The number of carbonyl (C=O) groups is 1. The number of rotatable bonds is 2. The van der Waals surface area contributed by atoms with Gasteiger partial charge in [-0.05, 0) is 19.7 Å². The molecule has 1 rings (SSSR count). The largest absolute Gasteiger partial charge is 0.466 e. The summed E-state index contributed by atoms with van der Waals surface area (Å²) in [6.45, 7) is 1.54. The first kappa shape index (κ1) is 2.01. The normalized spacial score (nSPS) is 43.9. The zero-order valence-electron chi connectivity index (χ0n) is 9.52. The molecule has 2 heteroatoms. The Bertz CT molecular complexity index is 235. The quantitative estimate of drug-likeness (QED) is 0.506. The second kappa shape index (κ2) is 2.16. The fourth-order valence-corrected chi connectivity index (χ4v) is 0.337. The van der Waals surface area contributed by atoms with Crippen LogP contribution < -0.4 is 0 Å². The molecule has 0 heterocycles. The van der Waals surface area contributed by atoms with Gasteiger partial charge in [0.05, 0.1) is 12.5 Å². The zero-order valence-corrected chi connectivity index (χ0v) is 4.52. The summed E-state index contributed by atoms with van der Waals surface area (Å²) in [5.74, 6) is -3.53. The maximum Gasteiger partial charge on any atom is 0.308 e. The predicted molar refractivity (Wildman–Crippen MR) is 29.4 cm³/mol. The summed E-state index contributed by atoms with van der Waals surface area (Å²) >= 11 is 0. The van der Waals surface area contributed by atoms with E-state index in [0.717, 1.165) is 0 Å². The molecule has 8 heavy (non-hydrogen) atoms. The first-order valence-electron chi connectivity index (χ1n) is 4.90. The lowest BCUT2D eigenvalue weighted by Crippen LogP contribution is -2.04. The second-order valence-corrected chi connectivity index (χ2v) is 1.35. The summed E-state index contributed by atoms with van der Waals surface area (Å²) < 4.78 is 40.2. The summed E-state index contributed by atoms with van der Waals surface area (Å²) in [7, 11) is 0. The molecule has 0 aromatic heterocycles. The van der Waals surface area contributed by atoms with Crippen LogP contribution in [0, 0.1) is 5.89 Å². The maximum atomic E-state index is 11.1. The fourth-order valence-electron chi connectivity index (χ4n) is 0.337. The van der Waals surface area contributed by atoms with Crippen LogP contribution in [0.1, 0.15) is 26.5 Å². The van der Waals surface area contributed by atoms with Crippen LogP contribution in [0.15, 0.2) is 0 Å². The standard InChI is InChI=1S/C6H10O2/c1-2-8-6(7)5-3-4-5/h5H,2-4H2,1H3/i3D2,4D2,5D. The molecule has 0 spiro atoms. The molecule has 1 saturated carbocycles. The molecule has 0 aromatic carbocycles. The highest BCUT2D eigenvalue weighted by Gasteiger charge is 2.30. The van der Waals surface area contributed by atoms with Crippen LogP contribution in [0.2, 0.25) is 0 Å². The maximum absolute atomic E-state index is 11.1. The molecule has 0 N–H and O–H groups in total. The molecule has 2 nitrogen and oxygen atoms in total. The van der Waals surface area contributed by atoms with Crippen molar-refractivity contribution in [1.82, 2.24) is 0 Å². The third kappa shape index (κ3) is 1.22. The average Bonchev–Trinajstić information content (AvgIpc) is 2.31. The van der Waals surface area contributed by atoms with E-state index in [-0.39, 0.29) is 6.61 Å². The van der Waals surface area contributed by atoms with Crippen LogP contribution in [-0.2, 0) is 9.53 Å². The van der Waals surface area contributed by atoms with Gasteiger partial charge in [-0.25, -0.2) is 0 Å². The summed E-state index contributed by atoms with van der Waals surface area (Å²) in [5, 5.41) is 0. The van der Waals surface area contributed by atoms with Crippen molar-refractivity contribution in [2.75, 3.05) is 6.61 Å². The van der Waals surface area contributed by atoms with Gasteiger partial charge in [-0.1, -0.05) is 0 Å². The first-order valence-corrected chi connectivity index (χ1v) is 2.40. The number of esters is 1. The Morgan fingerprint density at radius 3 is 3.12 bits per heavy atom. The van der Waals surface area contributed by atoms with Gasteiger partial charge >= 0.3 is 5.97 Å². The number of ether oxygens (including phenoxy) is 1. The summed E-state index contributed by atoms with van der Waals surface area (Å²) in [5.41, 5.74) is 0. The Balaban J connectivity index is 2.88. The summed E-state index contributed by atoms with van der Waals surface area (Å²) in [6.07, 6.45) is -4.90. The van der Waals surface area contributed by atoms with Crippen LogP contribution in [0.3, 0.4) is 0 Å². The van der Waals surface area contributed by atoms with Crippen LogP contribution >= 0.6 is 0 Å². The molecule has 0 bridgehead atoms. The zero-order chi connectivity index (χ0) is 10.5. The van der Waals surface area contributed by atoms with Gasteiger partial charge in [0.1, 0.15) is 0 Å². The molecule has 0 aromatic rings. The molecular formula is C6H10O2. The number of hydrogen-bond donors (Lipinski definition) is 0. The molecule has 0 amide bonds. The van der Waals surface area contributed by atoms with Gasteiger partial charge in [-0.2, -0.15) is 0 Å². The molecule has 46 valence electrons. The third-order valence-corrected chi connectivity index (χ3v) is 0.730. The fraction of sp³-hybridized carbons (Fsp3) is 0.833. The van der Waals surface area contributed by atoms with Gasteiger partial charge in [0, 0.05) is 6.85 Å². The van der Waals surface area contributed by atoms with Crippen molar-refractivity contribution >= 4 is 5.97 Å². The first-order chi connectivity index (χ1) is 5.73. The topological polar surface area (TPSA) is 26.3 Å². The smallest absolute Gasteiger partial charge is 0.308 e. The van der Waals surface area contributed by atoms with Crippen LogP contribution in [0.4, 0.5) is 0 Å². The lowest BCUT2D eigenvalue weighted by atomic mass is 10.4. The summed E-state index contributed by atoms with van der Waals surface area (Å²) in [6, 6.07) is 0. The van der Waals surface area contributed by atoms with Crippen molar-refractivity contribution < 1.29 is 16.4 Å². The molecule has 0 atom stereocenters. The Labute approximate surface area is 55.9 Å². The van der Waals surface area contributed by atoms with Gasteiger partial charge in [-0.15, -0.1) is 0 Å². The second-order valence-electron chi connectivity index (χ2n) is 1.35. The van der Waals surface area contributed by atoms with E-state index in [1.54, 1.807) is 0 Å². The monoisotopic (exact) mass is 119 g/mol. The highest BCUT2D eigenvalue weighted by molar-refractivity contribution is 5.74. The van der Waals surface area contributed by atoms with Crippen molar-refractivity contribution in [2.45, 2.75) is 19.7 Å².